The van der Waals surface area contributed by atoms with E-state index in [0.29, 0.717) is 49.9 Å². The number of thiazole rings is 1. The van der Waals surface area contributed by atoms with Crippen molar-refractivity contribution in [1.29, 1.82) is 0 Å². The Morgan fingerprint density at radius 2 is 1.59 bits per heavy atom. The average Bonchev–Trinajstić information content (AvgIpc) is 4.15. The molecule has 0 unspecified atom stereocenters. The summed E-state index contributed by atoms with van der Waals surface area (Å²) in [4.78, 5) is 60.9. The van der Waals surface area contributed by atoms with Gasteiger partial charge in [-0.1, -0.05) is 80.5 Å². The summed E-state index contributed by atoms with van der Waals surface area (Å²) in [6.45, 7) is 15.1. The second-order valence-electron chi connectivity index (χ2n) is 20.2. The number of carbonyl (C=O) groups is 4. The van der Waals surface area contributed by atoms with Crippen molar-refractivity contribution in [1.82, 2.24) is 30.2 Å². The molecule has 1 fully saturated rings. The van der Waals surface area contributed by atoms with Crippen LogP contribution in [0.3, 0.4) is 0 Å². The van der Waals surface area contributed by atoms with Crippen LogP contribution in [0.2, 0.25) is 0 Å². The van der Waals surface area contributed by atoms with E-state index in [4.69, 9.17) is 24.5 Å². The number of likely N-dealkylation sites (tertiary alicyclic amines) is 1. The number of nitrogens with two attached hydrogens (primary N) is 1. The first-order valence-corrected chi connectivity index (χ1v) is 26.1. The lowest BCUT2D eigenvalue weighted by atomic mass is 9.85. The average molecular weight is 1030 g/mol. The lowest BCUT2D eigenvalue weighted by molar-refractivity contribution is -0.144. The van der Waals surface area contributed by atoms with Gasteiger partial charge in [-0.25, -0.2) is 4.98 Å². The van der Waals surface area contributed by atoms with E-state index in [1.807, 2.05) is 121 Å². The fourth-order valence-electron chi connectivity index (χ4n) is 9.71. The minimum atomic E-state index is -0.968. The van der Waals surface area contributed by atoms with Crippen molar-refractivity contribution in [3.8, 4) is 27.3 Å². The van der Waals surface area contributed by atoms with E-state index in [1.54, 1.807) is 11.3 Å². The number of hydrogen-bond donors (Lipinski definition) is 4. The van der Waals surface area contributed by atoms with Crippen molar-refractivity contribution < 1.29 is 43.0 Å². The minimum absolute atomic E-state index is 0.0207. The molecular weight excluding hydrogens is 959 g/mol. The molecule has 8 rings (SSSR count). The van der Waals surface area contributed by atoms with E-state index in [1.165, 1.54) is 4.90 Å². The number of unbranched alkanes of at least 4 members (excludes halogenated alkanes) is 1. The van der Waals surface area contributed by atoms with Crippen LogP contribution in [-0.4, -0.2) is 106 Å². The smallest absolute Gasteiger partial charge is 0.249 e. The van der Waals surface area contributed by atoms with Gasteiger partial charge < -0.3 is 49.7 Å². The maximum atomic E-state index is 14.1. The zero-order valence-corrected chi connectivity index (χ0v) is 44.1. The van der Waals surface area contributed by atoms with Gasteiger partial charge >= 0.3 is 0 Å². The Morgan fingerprint density at radius 1 is 0.865 bits per heavy atom. The first-order valence-electron chi connectivity index (χ1n) is 25.2. The third kappa shape index (κ3) is 12.4. The fourth-order valence-corrected chi connectivity index (χ4v) is 10.5. The number of aliphatic hydroxyl groups excluding tert-OH is 1. The summed E-state index contributed by atoms with van der Waals surface area (Å²) in [5.74, 6) is -0.470. The monoisotopic (exact) mass is 1030 g/mol. The van der Waals surface area contributed by atoms with Gasteiger partial charge in [-0.2, -0.15) is 0 Å². The van der Waals surface area contributed by atoms with Gasteiger partial charge in [0.1, 0.15) is 30.2 Å². The van der Waals surface area contributed by atoms with Crippen LogP contribution < -0.4 is 21.1 Å². The van der Waals surface area contributed by atoms with Gasteiger partial charge in [0, 0.05) is 66.7 Å². The maximum Gasteiger partial charge on any atom is 0.249 e. The Bertz CT molecular complexity index is 3080. The molecule has 4 aromatic carbocycles. The summed E-state index contributed by atoms with van der Waals surface area (Å²) in [7, 11) is 0. The van der Waals surface area contributed by atoms with Crippen LogP contribution in [0.1, 0.15) is 98.1 Å². The zero-order chi connectivity index (χ0) is 52.7. The molecule has 0 spiro atoms. The molecule has 0 bridgehead atoms. The number of nitrogens with one attached hydrogen (secondary N) is 2. The molecule has 1 aliphatic rings. The third-order valence-corrected chi connectivity index (χ3v) is 14.5. The molecule has 3 aromatic heterocycles. The number of carbonyl (C=O) groups excluding carboxylic acids is 4. The SMILES string of the molecule is Cc1ncsc1-c1ccc([C@H](C)NC(=O)[C@@H]2C[C@@H](O)CN2C(=O)[C@@H](NC(=O)COCCCOCCCCOc2ccc3c(c2)c2c(C(N)=O)cc(-c4c(C)noc4C)cc2n3Cc2ccccc2)C(C)(C)C)cc1. The van der Waals surface area contributed by atoms with Gasteiger partial charge in [-0.15, -0.1) is 11.3 Å². The lowest BCUT2D eigenvalue weighted by Gasteiger charge is -2.35. The van der Waals surface area contributed by atoms with Crippen molar-refractivity contribution in [2.45, 2.75) is 105 Å². The number of β-amino-alcohol motifs (C(OH)–C–C–N with tert-alkyl or cyclic N) is 1. The van der Waals surface area contributed by atoms with Crippen LogP contribution in [0.15, 0.2) is 95.0 Å². The molecule has 4 atom stereocenters. The number of amides is 4. The van der Waals surface area contributed by atoms with Crippen LogP contribution in [0, 0.1) is 26.2 Å². The number of primary amides is 1. The topological polar surface area (TPSA) is 213 Å². The van der Waals surface area contributed by atoms with Crippen LogP contribution in [0.5, 0.6) is 5.75 Å². The fraction of sp³-hybridized carbons (Fsp3) is 0.404. The van der Waals surface area contributed by atoms with Crippen LogP contribution in [-0.2, 0) is 30.4 Å². The summed E-state index contributed by atoms with van der Waals surface area (Å²) in [5, 5.41) is 22.3. The van der Waals surface area contributed by atoms with E-state index in [9.17, 15) is 24.3 Å². The molecule has 1 aliphatic heterocycles. The van der Waals surface area contributed by atoms with E-state index in [0.717, 1.165) is 78.7 Å². The van der Waals surface area contributed by atoms with Crippen LogP contribution in [0.25, 0.3) is 43.4 Å². The number of nitrogens with zero attached hydrogens (tertiary/aromatic N) is 4. The van der Waals surface area contributed by atoms with Gasteiger partial charge in [0.25, 0.3) is 0 Å². The Hall–Kier alpha value is -6.92. The number of fused-ring (bicyclic) bond motifs is 3. The van der Waals surface area contributed by atoms with Crippen LogP contribution >= 0.6 is 11.3 Å². The van der Waals surface area contributed by atoms with Gasteiger partial charge in [0.2, 0.25) is 23.6 Å². The highest BCUT2D eigenvalue weighted by Crippen LogP contribution is 2.39. The van der Waals surface area contributed by atoms with Crippen molar-refractivity contribution in [3.05, 3.63) is 124 Å². The normalized spacial score (nSPS) is 15.6. The Balaban J connectivity index is 0.777. The lowest BCUT2D eigenvalue weighted by Crippen LogP contribution is -2.58. The third-order valence-electron chi connectivity index (χ3n) is 13.5. The highest BCUT2D eigenvalue weighted by atomic mass is 32.1. The Kier molecular flexibility index (Phi) is 17.0. The van der Waals surface area contributed by atoms with E-state index in [2.05, 4.69) is 43.5 Å². The quantitative estimate of drug-likeness (QED) is 0.0472. The summed E-state index contributed by atoms with van der Waals surface area (Å²) < 4.78 is 25.4. The highest BCUT2D eigenvalue weighted by Gasteiger charge is 2.44. The largest absolute Gasteiger partial charge is 0.494 e. The number of ether oxygens (including phenoxy) is 3. The molecule has 4 amide bonds. The van der Waals surface area contributed by atoms with E-state index >= 15 is 0 Å². The number of aliphatic hydroxyl groups is 1. The van der Waals surface area contributed by atoms with Gasteiger partial charge in [0.15, 0.2) is 0 Å². The standard InChI is InChI=1S/C57H67N7O9S/c1-34(39-16-18-40(19-17-39)52-36(3)59-33-74-52)60-55(68)48-28-42(65)31-64(48)56(69)53(57(5,6)7)61-49(66)32-71-24-13-23-70-22-11-12-25-72-43-20-21-46-44(29-43)51-45(54(58)67)26-41(50-35(2)62-73-37(50)4)27-47(51)63(46)30-38-14-9-8-10-15-38/h8-10,14-21,26-27,29,33-34,42,48,53,65H,11-13,22-25,28,30-32H2,1-7H3,(H2,58,67)(H,60,68)(H,61,66)/t34-,42+,48-,53+/m0/s1. The molecule has 17 heteroatoms. The molecule has 0 radical (unpaired) electrons. The molecule has 0 saturated carbocycles. The summed E-state index contributed by atoms with van der Waals surface area (Å²) in [5.41, 5.74) is 15.8. The summed E-state index contributed by atoms with van der Waals surface area (Å²) in [6.07, 6.45) is 1.28. The second-order valence-corrected chi connectivity index (χ2v) is 21.0. The Labute approximate surface area is 435 Å². The second kappa shape index (κ2) is 23.5. The number of benzene rings is 4. The molecular formula is C57H67N7O9S. The molecule has 390 valence electrons. The first-order chi connectivity index (χ1) is 35.5. The predicted molar refractivity (Wildman–Crippen MR) is 286 cm³/mol. The number of hydrogen-bond acceptors (Lipinski definition) is 12. The van der Waals surface area contributed by atoms with Crippen molar-refractivity contribution in [2.75, 3.05) is 39.6 Å². The van der Waals surface area contributed by atoms with E-state index < -0.39 is 41.3 Å². The molecule has 7 aromatic rings. The van der Waals surface area contributed by atoms with Gasteiger partial charge in [-0.05, 0) is 105 Å². The molecule has 1 saturated heterocycles. The van der Waals surface area contributed by atoms with Crippen molar-refractivity contribution >= 4 is 56.8 Å². The Morgan fingerprint density at radius 3 is 2.28 bits per heavy atom. The summed E-state index contributed by atoms with van der Waals surface area (Å²) >= 11 is 1.57. The first kappa shape index (κ1) is 53.4. The van der Waals surface area contributed by atoms with Crippen molar-refractivity contribution in [3.63, 3.8) is 0 Å². The van der Waals surface area contributed by atoms with Gasteiger partial charge in [-0.3, -0.25) is 19.2 Å². The molecule has 0 aliphatic carbocycles. The molecule has 5 N–H and O–H groups in total. The molecule has 74 heavy (non-hydrogen) atoms. The molecule has 4 heterocycles. The highest BCUT2D eigenvalue weighted by molar-refractivity contribution is 7.13. The van der Waals surface area contributed by atoms with Gasteiger partial charge in [0.05, 0.1) is 46.0 Å². The zero-order valence-electron chi connectivity index (χ0n) is 43.2. The summed E-state index contributed by atoms with van der Waals surface area (Å²) in [6, 6.07) is 25.7. The number of aryl methyl sites for hydroxylation is 3. The van der Waals surface area contributed by atoms with Crippen molar-refractivity contribution in [2.24, 2.45) is 11.1 Å². The van der Waals surface area contributed by atoms with Crippen LogP contribution in [0.4, 0.5) is 0 Å². The number of rotatable bonds is 22. The molecule has 16 nitrogen and oxygen atoms in total. The predicted octanol–water partition coefficient (Wildman–Crippen LogP) is 8.60. The minimum Gasteiger partial charge on any atom is -0.494 e. The maximum absolute atomic E-state index is 14.1. The van der Waals surface area contributed by atoms with E-state index in [-0.39, 0.29) is 38.1 Å². The number of aromatic nitrogens is 3.